The van der Waals surface area contributed by atoms with Crippen molar-refractivity contribution in [1.29, 1.82) is 0 Å². The minimum Gasteiger partial charge on any atom is -0.319 e. The quantitative estimate of drug-likeness (QED) is 0.886. The Morgan fingerprint density at radius 2 is 2.33 bits per heavy atom. The fourth-order valence-corrected chi connectivity index (χ4v) is 3.09. The third-order valence-electron chi connectivity index (χ3n) is 3.86. The molecule has 1 saturated carbocycles. The summed E-state index contributed by atoms with van der Waals surface area (Å²) in [6, 6.07) is 8.77. The molecule has 0 aromatic heterocycles. The molecule has 1 aliphatic rings. The van der Waals surface area contributed by atoms with E-state index in [2.05, 4.69) is 52.4 Å². The molecule has 0 heterocycles. The Bertz CT molecular complexity index is 350. The lowest BCUT2D eigenvalue weighted by Gasteiger charge is -2.49. The first-order valence-electron chi connectivity index (χ1n) is 5.60. The lowest BCUT2D eigenvalue weighted by Crippen LogP contribution is -2.49. The first-order valence-corrected chi connectivity index (χ1v) is 6.39. The van der Waals surface area contributed by atoms with Gasteiger partial charge in [0.1, 0.15) is 0 Å². The average Bonchev–Trinajstić information content (AvgIpc) is 2.23. The Morgan fingerprint density at radius 3 is 2.80 bits per heavy atom. The van der Waals surface area contributed by atoms with Gasteiger partial charge in [0.15, 0.2) is 0 Å². The van der Waals surface area contributed by atoms with Crippen LogP contribution in [-0.4, -0.2) is 13.6 Å². The molecule has 1 aromatic rings. The van der Waals surface area contributed by atoms with E-state index in [1.807, 2.05) is 7.05 Å². The predicted molar refractivity (Wildman–Crippen MR) is 68.1 cm³/mol. The molecule has 82 valence electrons. The molecule has 0 amide bonds. The van der Waals surface area contributed by atoms with Crippen LogP contribution in [0, 0.1) is 5.92 Å². The molecule has 0 spiro atoms. The van der Waals surface area contributed by atoms with E-state index in [4.69, 9.17) is 0 Å². The minimum absolute atomic E-state index is 0.374. The van der Waals surface area contributed by atoms with Gasteiger partial charge in [0.25, 0.3) is 0 Å². The summed E-state index contributed by atoms with van der Waals surface area (Å²) in [5, 5.41) is 3.34. The highest BCUT2D eigenvalue weighted by atomic mass is 79.9. The van der Waals surface area contributed by atoms with Crippen molar-refractivity contribution >= 4 is 15.9 Å². The highest BCUT2D eigenvalue weighted by Gasteiger charge is 2.44. The minimum atomic E-state index is 0.374. The van der Waals surface area contributed by atoms with Gasteiger partial charge in [0.05, 0.1) is 0 Å². The van der Waals surface area contributed by atoms with Crippen molar-refractivity contribution in [3.63, 3.8) is 0 Å². The number of hydrogen-bond acceptors (Lipinski definition) is 1. The lowest BCUT2D eigenvalue weighted by atomic mass is 9.57. The maximum Gasteiger partial charge on any atom is 0.0178 e. The van der Waals surface area contributed by atoms with Gasteiger partial charge in [0, 0.05) is 16.4 Å². The number of benzene rings is 1. The monoisotopic (exact) mass is 267 g/mol. The van der Waals surface area contributed by atoms with Gasteiger partial charge >= 0.3 is 0 Å². The summed E-state index contributed by atoms with van der Waals surface area (Å²) < 4.78 is 1.19. The van der Waals surface area contributed by atoms with Crippen molar-refractivity contribution in [2.75, 3.05) is 13.6 Å². The van der Waals surface area contributed by atoms with Gasteiger partial charge in [-0.15, -0.1) is 0 Å². The smallest absolute Gasteiger partial charge is 0.0178 e. The Balaban J connectivity index is 2.33. The number of rotatable bonds is 3. The van der Waals surface area contributed by atoms with Gasteiger partial charge in [-0.25, -0.2) is 0 Å². The topological polar surface area (TPSA) is 12.0 Å². The third kappa shape index (κ3) is 1.85. The SMILES string of the molecule is CNCC1(c2cccc(Br)c2)CCC1C. The molecular weight excluding hydrogens is 250 g/mol. The van der Waals surface area contributed by atoms with Gasteiger partial charge in [0.2, 0.25) is 0 Å². The Kier molecular flexibility index (Phi) is 3.17. The summed E-state index contributed by atoms with van der Waals surface area (Å²) in [7, 11) is 2.05. The van der Waals surface area contributed by atoms with Crippen LogP contribution in [0.15, 0.2) is 28.7 Å². The van der Waals surface area contributed by atoms with Gasteiger partial charge in [-0.2, -0.15) is 0 Å². The number of halogens is 1. The summed E-state index contributed by atoms with van der Waals surface area (Å²) in [6.07, 6.45) is 2.67. The van der Waals surface area contributed by atoms with Crippen LogP contribution in [0.2, 0.25) is 0 Å². The molecule has 0 aliphatic heterocycles. The third-order valence-corrected chi connectivity index (χ3v) is 4.35. The number of nitrogens with one attached hydrogen (secondary N) is 1. The van der Waals surface area contributed by atoms with E-state index >= 15 is 0 Å². The Morgan fingerprint density at radius 1 is 1.53 bits per heavy atom. The van der Waals surface area contributed by atoms with Crippen LogP contribution in [0.3, 0.4) is 0 Å². The van der Waals surface area contributed by atoms with E-state index in [1.165, 1.54) is 22.9 Å². The predicted octanol–water partition coefficient (Wildman–Crippen LogP) is 3.34. The van der Waals surface area contributed by atoms with Crippen LogP contribution >= 0.6 is 15.9 Å². The Hall–Kier alpha value is -0.340. The Labute approximate surface area is 100 Å². The molecule has 0 radical (unpaired) electrons. The van der Waals surface area contributed by atoms with Crippen LogP contribution < -0.4 is 5.32 Å². The van der Waals surface area contributed by atoms with Crippen molar-refractivity contribution in [1.82, 2.24) is 5.32 Å². The second-order valence-electron chi connectivity index (χ2n) is 4.64. The van der Waals surface area contributed by atoms with E-state index < -0.39 is 0 Å². The van der Waals surface area contributed by atoms with E-state index in [0.29, 0.717) is 5.41 Å². The largest absolute Gasteiger partial charge is 0.319 e. The second kappa shape index (κ2) is 4.26. The maximum atomic E-state index is 3.56. The van der Waals surface area contributed by atoms with Crippen molar-refractivity contribution in [2.45, 2.75) is 25.2 Å². The van der Waals surface area contributed by atoms with Gasteiger partial charge in [-0.3, -0.25) is 0 Å². The van der Waals surface area contributed by atoms with E-state index in [0.717, 1.165) is 12.5 Å². The van der Waals surface area contributed by atoms with Crippen molar-refractivity contribution in [2.24, 2.45) is 5.92 Å². The van der Waals surface area contributed by atoms with Gasteiger partial charge in [-0.05, 0) is 43.5 Å². The van der Waals surface area contributed by atoms with Crippen molar-refractivity contribution in [3.05, 3.63) is 34.3 Å². The van der Waals surface area contributed by atoms with E-state index in [9.17, 15) is 0 Å². The fraction of sp³-hybridized carbons (Fsp3) is 0.538. The molecule has 1 fully saturated rings. The van der Waals surface area contributed by atoms with E-state index in [-0.39, 0.29) is 0 Å². The van der Waals surface area contributed by atoms with Crippen LogP contribution in [-0.2, 0) is 5.41 Å². The maximum absolute atomic E-state index is 3.56. The molecule has 2 atom stereocenters. The van der Waals surface area contributed by atoms with Gasteiger partial charge < -0.3 is 5.32 Å². The molecule has 1 aromatic carbocycles. The zero-order valence-electron chi connectivity index (χ0n) is 9.39. The molecule has 2 unspecified atom stereocenters. The molecule has 2 heteroatoms. The van der Waals surface area contributed by atoms with Crippen LogP contribution in [0.4, 0.5) is 0 Å². The van der Waals surface area contributed by atoms with Crippen LogP contribution in [0.5, 0.6) is 0 Å². The van der Waals surface area contributed by atoms with Crippen molar-refractivity contribution in [3.8, 4) is 0 Å². The molecule has 15 heavy (non-hydrogen) atoms. The summed E-state index contributed by atoms with van der Waals surface area (Å²) >= 11 is 3.56. The first kappa shape index (κ1) is 11.2. The molecule has 1 N–H and O–H groups in total. The zero-order chi connectivity index (χ0) is 10.9. The first-order chi connectivity index (χ1) is 7.19. The molecule has 1 nitrogen and oxygen atoms in total. The number of likely N-dealkylation sites (N-methyl/N-ethyl adjacent to an activating group) is 1. The standard InChI is InChI=1S/C13H18BrN/c1-10-6-7-13(10,9-15-2)11-4-3-5-12(14)8-11/h3-5,8,10,15H,6-7,9H2,1-2H3. The fourth-order valence-electron chi connectivity index (χ4n) is 2.69. The summed E-state index contributed by atoms with van der Waals surface area (Å²) in [4.78, 5) is 0. The second-order valence-corrected chi connectivity index (χ2v) is 5.55. The highest BCUT2D eigenvalue weighted by molar-refractivity contribution is 9.10. The molecular formula is C13H18BrN. The normalized spacial score (nSPS) is 29.9. The zero-order valence-corrected chi connectivity index (χ0v) is 11.0. The highest BCUT2D eigenvalue weighted by Crippen LogP contribution is 2.48. The molecule has 0 saturated heterocycles. The van der Waals surface area contributed by atoms with Crippen molar-refractivity contribution < 1.29 is 0 Å². The lowest BCUT2D eigenvalue weighted by molar-refractivity contribution is 0.137. The average molecular weight is 268 g/mol. The molecule has 2 rings (SSSR count). The van der Waals surface area contributed by atoms with E-state index in [1.54, 1.807) is 0 Å². The van der Waals surface area contributed by atoms with Crippen LogP contribution in [0.25, 0.3) is 0 Å². The molecule has 1 aliphatic carbocycles. The number of hydrogen-bond donors (Lipinski definition) is 1. The summed E-state index contributed by atoms with van der Waals surface area (Å²) in [5.74, 6) is 0.791. The van der Waals surface area contributed by atoms with Gasteiger partial charge in [-0.1, -0.05) is 35.0 Å². The summed E-state index contributed by atoms with van der Waals surface area (Å²) in [6.45, 7) is 3.45. The molecule has 0 bridgehead atoms. The summed E-state index contributed by atoms with van der Waals surface area (Å²) in [5.41, 5.74) is 1.85. The van der Waals surface area contributed by atoms with Crippen LogP contribution in [0.1, 0.15) is 25.3 Å².